The predicted molar refractivity (Wildman–Crippen MR) is 89.4 cm³/mol. The van der Waals surface area contributed by atoms with E-state index in [-0.39, 0.29) is 11.6 Å². The molecule has 0 spiro atoms. The Hall–Kier alpha value is -2.61. The smallest absolute Gasteiger partial charge is 0.331 e. The molecule has 1 saturated heterocycles. The van der Waals surface area contributed by atoms with Gasteiger partial charge in [0.05, 0.1) is 30.8 Å². The Bertz CT molecular complexity index is 888. The summed E-state index contributed by atoms with van der Waals surface area (Å²) in [5, 5.41) is 11.8. The quantitative estimate of drug-likeness (QED) is 0.731. The van der Waals surface area contributed by atoms with E-state index in [1.807, 2.05) is 25.1 Å². The highest BCUT2D eigenvalue weighted by atomic mass is 16.5. The van der Waals surface area contributed by atoms with E-state index in [1.165, 1.54) is 4.57 Å². The third kappa shape index (κ3) is 2.30. The largest absolute Gasteiger partial charge is 0.378 e. The number of carbonyl (C=O) groups is 1. The highest BCUT2D eigenvalue weighted by molar-refractivity contribution is 5.97. The summed E-state index contributed by atoms with van der Waals surface area (Å²) < 4.78 is 8.50. The van der Waals surface area contributed by atoms with Crippen LogP contribution in [0.1, 0.15) is 5.56 Å². The highest BCUT2D eigenvalue weighted by Crippen LogP contribution is 2.17. The molecular formula is C16H20N6O2. The van der Waals surface area contributed by atoms with E-state index in [1.54, 1.807) is 9.47 Å². The zero-order valence-electron chi connectivity index (χ0n) is 13.6. The normalized spacial score (nSPS) is 17.9. The monoisotopic (exact) mass is 328 g/mol. The van der Waals surface area contributed by atoms with Crippen LogP contribution in [0.3, 0.4) is 0 Å². The Morgan fingerprint density at radius 3 is 2.79 bits per heavy atom. The zero-order chi connectivity index (χ0) is 16.7. The van der Waals surface area contributed by atoms with Crippen molar-refractivity contribution < 1.29 is 9.53 Å². The average molecular weight is 328 g/mol. The number of aryl methyl sites for hydroxylation is 1. The second-order valence-electron chi connectivity index (χ2n) is 6.00. The Balaban J connectivity index is 1.91. The molecule has 8 heteroatoms. The molecular weight excluding hydrogens is 308 g/mol. The van der Waals surface area contributed by atoms with E-state index < -0.39 is 0 Å². The van der Waals surface area contributed by atoms with Crippen molar-refractivity contribution in [3.63, 3.8) is 0 Å². The van der Waals surface area contributed by atoms with Crippen LogP contribution in [0.4, 0.5) is 4.79 Å². The van der Waals surface area contributed by atoms with Gasteiger partial charge < -0.3 is 15.0 Å². The van der Waals surface area contributed by atoms with E-state index in [4.69, 9.17) is 10.1 Å². The summed E-state index contributed by atoms with van der Waals surface area (Å²) in [6.45, 7) is 5.56. The van der Waals surface area contributed by atoms with Gasteiger partial charge in [-0.25, -0.2) is 13.9 Å². The number of hydrogen-bond donors (Lipinski definition) is 2. The third-order valence-corrected chi connectivity index (χ3v) is 4.38. The van der Waals surface area contributed by atoms with Crippen molar-refractivity contribution in [1.82, 2.24) is 19.4 Å². The SMILES string of the molecule is Cc1ccc2c(c1)n(C(=O)N1CCOCC1)c(=N)n2C1=NCCN1. The summed E-state index contributed by atoms with van der Waals surface area (Å²) in [4.78, 5) is 19.2. The number of hydrogen-bond acceptors (Lipinski definition) is 5. The molecule has 4 rings (SSSR count). The van der Waals surface area contributed by atoms with Crippen LogP contribution in [0, 0.1) is 12.3 Å². The van der Waals surface area contributed by atoms with Gasteiger partial charge in [-0.05, 0) is 24.6 Å². The first kappa shape index (κ1) is 14.9. The number of amides is 1. The van der Waals surface area contributed by atoms with Crippen LogP contribution in [0.2, 0.25) is 0 Å². The number of aromatic nitrogens is 2. The second-order valence-corrected chi connectivity index (χ2v) is 6.00. The lowest BCUT2D eigenvalue weighted by Gasteiger charge is -2.26. The molecule has 24 heavy (non-hydrogen) atoms. The van der Waals surface area contributed by atoms with Crippen molar-refractivity contribution in [2.75, 3.05) is 39.4 Å². The fourth-order valence-corrected chi connectivity index (χ4v) is 3.17. The number of morpholine rings is 1. The van der Waals surface area contributed by atoms with Gasteiger partial charge in [0.2, 0.25) is 11.6 Å². The number of benzene rings is 1. The fraction of sp³-hybridized carbons (Fsp3) is 0.438. The maximum atomic E-state index is 13.0. The standard InChI is InChI=1S/C16H20N6O2/c1-11-2-3-12-13(10-11)22(16(23)20-6-8-24-9-7-20)14(17)21(12)15-18-4-5-19-15/h2-3,10,17H,4-9H2,1H3,(H,18,19). The van der Waals surface area contributed by atoms with Crippen LogP contribution < -0.4 is 10.9 Å². The lowest BCUT2D eigenvalue weighted by atomic mass is 10.2. The number of carbonyl (C=O) groups excluding carboxylic acids is 1. The first-order valence-electron chi connectivity index (χ1n) is 8.11. The summed E-state index contributed by atoms with van der Waals surface area (Å²) >= 11 is 0. The number of imidazole rings is 1. The van der Waals surface area contributed by atoms with E-state index >= 15 is 0 Å². The number of nitrogens with one attached hydrogen (secondary N) is 2. The topological polar surface area (TPSA) is 87.6 Å². The Morgan fingerprint density at radius 1 is 1.29 bits per heavy atom. The molecule has 0 radical (unpaired) electrons. The van der Waals surface area contributed by atoms with Crippen LogP contribution in [0.25, 0.3) is 11.0 Å². The molecule has 1 aromatic carbocycles. The van der Waals surface area contributed by atoms with Gasteiger partial charge in [0.15, 0.2) is 0 Å². The molecule has 0 saturated carbocycles. The summed E-state index contributed by atoms with van der Waals surface area (Å²) in [6.07, 6.45) is 0. The number of rotatable bonds is 0. The Kier molecular flexibility index (Phi) is 3.61. The second kappa shape index (κ2) is 5.79. The van der Waals surface area contributed by atoms with Crippen molar-refractivity contribution >= 4 is 23.0 Å². The van der Waals surface area contributed by atoms with Crippen LogP contribution in [0.15, 0.2) is 23.2 Å². The molecule has 0 atom stereocenters. The minimum Gasteiger partial charge on any atom is -0.378 e. The van der Waals surface area contributed by atoms with Crippen molar-refractivity contribution in [3.8, 4) is 0 Å². The molecule has 1 aromatic heterocycles. The molecule has 8 nitrogen and oxygen atoms in total. The van der Waals surface area contributed by atoms with Gasteiger partial charge in [-0.2, -0.15) is 0 Å². The number of ether oxygens (including phenoxy) is 1. The Morgan fingerprint density at radius 2 is 2.08 bits per heavy atom. The third-order valence-electron chi connectivity index (χ3n) is 4.38. The molecule has 1 amide bonds. The van der Waals surface area contributed by atoms with Gasteiger partial charge in [-0.3, -0.25) is 10.4 Å². The molecule has 2 aliphatic rings. The first-order chi connectivity index (χ1) is 11.7. The first-order valence-corrected chi connectivity index (χ1v) is 8.11. The molecule has 0 unspecified atom stereocenters. The molecule has 2 aliphatic heterocycles. The molecule has 0 bridgehead atoms. The van der Waals surface area contributed by atoms with E-state index in [0.29, 0.717) is 38.8 Å². The van der Waals surface area contributed by atoms with Crippen LogP contribution in [-0.4, -0.2) is 65.4 Å². The van der Waals surface area contributed by atoms with Crippen molar-refractivity contribution in [3.05, 3.63) is 29.4 Å². The van der Waals surface area contributed by atoms with Gasteiger partial charge in [-0.15, -0.1) is 0 Å². The van der Waals surface area contributed by atoms with Gasteiger partial charge in [-0.1, -0.05) is 6.07 Å². The highest BCUT2D eigenvalue weighted by Gasteiger charge is 2.25. The van der Waals surface area contributed by atoms with Crippen molar-refractivity contribution in [1.29, 1.82) is 5.41 Å². The number of aliphatic imine (C=N–C) groups is 1. The minimum atomic E-state index is -0.184. The predicted octanol–water partition coefficient (Wildman–Crippen LogP) is 0.338. The van der Waals surface area contributed by atoms with E-state index in [9.17, 15) is 4.79 Å². The lowest BCUT2D eigenvalue weighted by molar-refractivity contribution is 0.0535. The maximum absolute atomic E-state index is 13.0. The van der Waals surface area contributed by atoms with Crippen molar-refractivity contribution in [2.24, 2.45) is 4.99 Å². The zero-order valence-corrected chi connectivity index (χ0v) is 13.6. The summed E-state index contributed by atoms with van der Waals surface area (Å²) in [6, 6.07) is 5.68. The van der Waals surface area contributed by atoms with Crippen LogP contribution in [-0.2, 0) is 4.74 Å². The number of fused-ring (bicyclic) bond motifs is 1. The molecule has 2 aromatic rings. The van der Waals surface area contributed by atoms with Gasteiger partial charge >= 0.3 is 6.03 Å². The molecule has 0 aliphatic carbocycles. The maximum Gasteiger partial charge on any atom is 0.331 e. The summed E-state index contributed by atoms with van der Waals surface area (Å²) in [7, 11) is 0. The molecule has 3 heterocycles. The molecule has 2 N–H and O–H groups in total. The minimum absolute atomic E-state index is 0.111. The lowest BCUT2D eigenvalue weighted by Crippen LogP contribution is -2.46. The number of nitrogens with zero attached hydrogens (tertiary/aromatic N) is 4. The van der Waals surface area contributed by atoms with E-state index in [2.05, 4.69) is 10.3 Å². The van der Waals surface area contributed by atoms with Crippen LogP contribution in [0.5, 0.6) is 0 Å². The van der Waals surface area contributed by atoms with Crippen molar-refractivity contribution in [2.45, 2.75) is 6.92 Å². The summed E-state index contributed by atoms with van der Waals surface area (Å²) in [5.41, 5.74) is 2.69. The van der Waals surface area contributed by atoms with E-state index in [0.717, 1.165) is 23.1 Å². The van der Waals surface area contributed by atoms with Gasteiger partial charge in [0.1, 0.15) is 0 Å². The Labute approximate surface area is 138 Å². The summed E-state index contributed by atoms with van der Waals surface area (Å²) in [5.74, 6) is 0.627. The molecule has 1 fully saturated rings. The van der Waals surface area contributed by atoms with Gasteiger partial charge in [0.25, 0.3) is 0 Å². The molecule has 126 valence electrons. The van der Waals surface area contributed by atoms with Gasteiger partial charge in [0, 0.05) is 19.6 Å². The average Bonchev–Trinajstić information content (AvgIpc) is 3.20. The van der Waals surface area contributed by atoms with Crippen LogP contribution >= 0.6 is 0 Å². The fourth-order valence-electron chi connectivity index (χ4n) is 3.17.